The van der Waals surface area contributed by atoms with Crippen LogP contribution in [0.15, 0.2) is 24.4 Å². The van der Waals surface area contributed by atoms with E-state index in [1.54, 1.807) is 12.3 Å². The molecule has 0 spiro atoms. The Morgan fingerprint density at radius 3 is 2.81 bits per heavy atom. The summed E-state index contributed by atoms with van der Waals surface area (Å²) in [7, 11) is 0. The molecule has 1 aromatic rings. The van der Waals surface area contributed by atoms with E-state index in [0.29, 0.717) is 12.8 Å². The van der Waals surface area contributed by atoms with Crippen LogP contribution in [0.5, 0.6) is 0 Å². The predicted molar refractivity (Wildman–Crippen MR) is 55.4 cm³/mol. The lowest BCUT2D eigenvalue weighted by Crippen LogP contribution is -2.15. The van der Waals surface area contributed by atoms with Gasteiger partial charge in [-0.3, -0.25) is 4.98 Å². The Bertz CT molecular complexity index is 283. The van der Waals surface area contributed by atoms with Crippen LogP contribution in [0.4, 0.5) is 8.78 Å². The Hall–Kier alpha value is -1.07. The Labute approximate surface area is 93.1 Å². The summed E-state index contributed by atoms with van der Waals surface area (Å²) < 4.78 is 28.1. The third-order valence-corrected chi connectivity index (χ3v) is 2.01. The van der Waals surface area contributed by atoms with Gasteiger partial charge in [-0.2, -0.15) is 0 Å². The van der Waals surface area contributed by atoms with Crippen molar-refractivity contribution in [1.29, 1.82) is 0 Å². The van der Waals surface area contributed by atoms with Crippen LogP contribution in [-0.4, -0.2) is 35.8 Å². The summed E-state index contributed by atoms with van der Waals surface area (Å²) >= 11 is 0. The average molecular weight is 231 g/mol. The third-order valence-electron chi connectivity index (χ3n) is 2.01. The molecule has 1 aromatic heterocycles. The van der Waals surface area contributed by atoms with E-state index >= 15 is 0 Å². The quantitative estimate of drug-likeness (QED) is 0.726. The number of alkyl halides is 2. The normalized spacial score (nSPS) is 13.0. The Balaban J connectivity index is 2.14. The lowest BCUT2D eigenvalue weighted by molar-refractivity contribution is 0.00504. The number of ether oxygens (including phenoxy) is 1. The van der Waals surface area contributed by atoms with Gasteiger partial charge in [0, 0.05) is 24.9 Å². The van der Waals surface area contributed by atoms with Gasteiger partial charge in [-0.15, -0.1) is 0 Å². The molecule has 0 aliphatic heterocycles. The standard InChI is InChI=1S/C11H15F2NO2/c12-11(13)8-16-6-4-10(15)7-9-3-1-2-5-14-9/h1-3,5,10-11,15H,4,6-8H2. The molecule has 0 saturated heterocycles. The van der Waals surface area contributed by atoms with E-state index < -0.39 is 19.1 Å². The maximum absolute atomic E-state index is 11.7. The first-order chi connectivity index (χ1) is 7.68. The summed E-state index contributed by atoms with van der Waals surface area (Å²) in [6.07, 6.45) is -0.655. The van der Waals surface area contributed by atoms with Gasteiger partial charge in [0.05, 0.1) is 6.10 Å². The van der Waals surface area contributed by atoms with Gasteiger partial charge < -0.3 is 9.84 Å². The summed E-state index contributed by atoms with van der Waals surface area (Å²) in [6, 6.07) is 5.44. The van der Waals surface area contributed by atoms with Crippen molar-refractivity contribution < 1.29 is 18.6 Å². The SMILES string of the molecule is OC(CCOCC(F)F)Cc1ccccn1. The smallest absolute Gasteiger partial charge is 0.261 e. The molecule has 3 nitrogen and oxygen atoms in total. The van der Waals surface area contributed by atoms with E-state index in [1.165, 1.54) is 0 Å². The molecule has 1 atom stereocenters. The topological polar surface area (TPSA) is 42.4 Å². The molecule has 0 fully saturated rings. The minimum absolute atomic E-state index is 0.137. The molecule has 0 aliphatic carbocycles. The highest BCUT2D eigenvalue weighted by Gasteiger charge is 2.07. The molecule has 1 unspecified atom stereocenters. The number of hydrogen-bond donors (Lipinski definition) is 1. The summed E-state index contributed by atoms with van der Waals surface area (Å²) in [5.74, 6) is 0. The second-order valence-electron chi connectivity index (χ2n) is 3.43. The maximum Gasteiger partial charge on any atom is 0.261 e. The first-order valence-corrected chi connectivity index (χ1v) is 5.12. The van der Waals surface area contributed by atoms with Gasteiger partial charge in [0.1, 0.15) is 6.61 Å². The van der Waals surface area contributed by atoms with Gasteiger partial charge in [0.2, 0.25) is 0 Å². The van der Waals surface area contributed by atoms with Crippen LogP contribution in [0.1, 0.15) is 12.1 Å². The molecular weight excluding hydrogens is 216 g/mol. The second-order valence-corrected chi connectivity index (χ2v) is 3.43. The van der Waals surface area contributed by atoms with E-state index in [1.807, 2.05) is 12.1 Å². The summed E-state index contributed by atoms with van der Waals surface area (Å²) in [6.45, 7) is -0.436. The van der Waals surface area contributed by atoms with Gasteiger partial charge in [0.25, 0.3) is 6.43 Å². The number of halogens is 2. The summed E-state index contributed by atoms with van der Waals surface area (Å²) in [5.41, 5.74) is 0.781. The van der Waals surface area contributed by atoms with Gasteiger partial charge in [-0.25, -0.2) is 8.78 Å². The molecule has 0 aliphatic rings. The van der Waals surface area contributed by atoms with E-state index in [4.69, 9.17) is 0 Å². The van der Waals surface area contributed by atoms with Gasteiger partial charge >= 0.3 is 0 Å². The lowest BCUT2D eigenvalue weighted by Gasteiger charge is -2.10. The fourth-order valence-electron chi connectivity index (χ4n) is 1.25. The second kappa shape index (κ2) is 7.24. The van der Waals surface area contributed by atoms with Crippen molar-refractivity contribution in [2.45, 2.75) is 25.4 Å². The largest absolute Gasteiger partial charge is 0.393 e. The van der Waals surface area contributed by atoms with Crippen LogP contribution in [0.25, 0.3) is 0 Å². The van der Waals surface area contributed by atoms with Crippen molar-refractivity contribution in [1.82, 2.24) is 4.98 Å². The van der Waals surface area contributed by atoms with E-state index in [-0.39, 0.29) is 6.61 Å². The number of nitrogens with zero attached hydrogens (tertiary/aromatic N) is 1. The van der Waals surface area contributed by atoms with Crippen molar-refractivity contribution >= 4 is 0 Å². The summed E-state index contributed by atoms with van der Waals surface area (Å²) in [5, 5.41) is 9.56. The van der Waals surface area contributed by atoms with Crippen molar-refractivity contribution in [3.63, 3.8) is 0 Å². The van der Waals surface area contributed by atoms with Crippen LogP contribution in [0.3, 0.4) is 0 Å². The van der Waals surface area contributed by atoms with Crippen LogP contribution in [-0.2, 0) is 11.2 Å². The van der Waals surface area contributed by atoms with Crippen molar-refractivity contribution in [3.8, 4) is 0 Å². The highest BCUT2D eigenvalue weighted by atomic mass is 19.3. The van der Waals surface area contributed by atoms with E-state index in [9.17, 15) is 13.9 Å². The molecule has 16 heavy (non-hydrogen) atoms. The molecule has 1 rings (SSSR count). The maximum atomic E-state index is 11.7. The molecule has 0 saturated carbocycles. The number of rotatable bonds is 7. The van der Waals surface area contributed by atoms with Gasteiger partial charge in [-0.1, -0.05) is 6.07 Å². The van der Waals surface area contributed by atoms with Crippen molar-refractivity contribution in [2.75, 3.05) is 13.2 Å². The zero-order chi connectivity index (χ0) is 11.8. The molecule has 1 heterocycles. The number of pyridine rings is 1. The van der Waals surface area contributed by atoms with Crippen LogP contribution < -0.4 is 0 Å². The Morgan fingerprint density at radius 2 is 2.19 bits per heavy atom. The molecule has 0 radical (unpaired) electrons. The van der Waals surface area contributed by atoms with Crippen LogP contribution in [0, 0.1) is 0 Å². The molecular formula is C11H15F2NO2. The van der Waals surface area contributed by atoms with E-state index in [0.717, 1.165) is 5.69 Å². The number of aromatic nitrogens is 1. The highest BCUT2D eigenvalue weighted by Crippen LogP contribution is 2.03. The van der Waals surface area contributed by atoms with E-state index in [2.05, 4.69) is 9.72 Å². The fraction of sp³-hybridized carbons (Fsp3) is 0.545. The molecule has 90 valence electrons. The zero-order valence-corrected chi connectivity index (χ0v) is 8.85. The summed E-state index contributed by atoms with van der Waals surface area (Å²) in [4.78, 5) is 4.05. The molecule has 0 amide bonds. The van der Waals surface area contributed by atoms with Crippen molar-refractivity contribution in [3.05, 3.63) is 30.1 Å². The third kappa shape index (κ3) is 5.72. The molecule has 0 aromatic carbocycles. The van der Waals surface area contributed by atoms with Crippen molar-refractivity contribution in [2.24, 2.45) is 0 Å². The minimum Gasteiger partial charge on any atom is -0.393 e. The monoisotopic (exact) mass is 231 g/mol. The average Bonchev–Trinajstić information content (AvgIpc) is 2.25. The first kappa shape index (κ1) is 13.0. The highest BCUT2D eigenvalue weighted by molar-refractivity contribution is 5.04. The first-order valence-electron chi connectivity index (χ1n) is 5.12. The molecule has 1 N–H and O–H groups in total. The predicted octanol–water partition coefficient (Wildman–Crippen LogP) is 1.66. The Morgan fingerprint density at radius 1 is 1.38 bits per heavy atom. The number of aliphatic hydroxyl groups is 1. The fourth-order valence-corrected chi connectivity index (χ4v) is 1.25. The zero-order valence-electron chi connectivity index (χ0n) is 8.85. The molecule has 5 heteroatoms. The van der Waals surface area contributed by atoms with Gasteiger partial charge in [-0.05, 0) is 18.6 Å². The Kier molecular flexibility index (Phi) is 5.88. The lowest BCUT2D eigenvalue weighted by atomic mass is 10.1. The number of aliphatic hydroxyl groups excluding tert-OH is 1. The van der Waals surface area contributed by atoms with Crippen LogP contribution >= 0.6 is 0 Å². The molecule has 0 bridgehead atoms. The number of hydrogen-bond acceptors (Lipinski definition) is 3. The minimum atomic E-state index is -2.45. The van der Waals surface area contributed by atoms with Gasteiger partial charge in [0.15, 0.2) is 0 Å². The van der Waals surface area contributed by atoms with Crippen LogP contribution in [0.2, 0.25) is 0 Å².